The molecule has 1 aromatic rings. The third-order valence-electron chi connectivity index (χ3n) is 3.91. The zero-order valence-electron chi connectivity index (χ0n) is 13.0. The summed E-state index contributed by atoms with van der Waals surface area (Å²) in [5, 5.41) is 3.04. The summed E-state index contributed by atoms with van der Waals surface area (Å²) in [4.78, 5) is 18.6. The van der Waals surface area contributed by atoms with Gasteiger partial charge in [-0.3, -0.25) is 9.78 Å². The van der Waals surface area contributed by atoms with Crippen LogP contribution in [0.1, 0.15) is 50.4 Å². The first-order valence-corrected chi connectivity index (χ1v) is 7.90. The molecule has 2 heterocycles. The average Bonchev–Trinajstić information content (AvgIpc) is 3.04. The summed E-state index contributed by atoms with van der Waals surface area (Å²) >= 11 is 0. The molecule has 0 aromatic carbocycles. The Bertz CT molecular complexity index is 493. The van der Waals surface area contributed by atoms with E-state index in [1.165, 1.54) is 18.4 Å². The highest BCUT2D eigenvalue weighted by Crippen LogP contribution is 2.16. The van der Waals surface area contributed by atoms with Crippen LogP contribution in [0.25, 0.3) is 0 Å². The van der Waals surface area contributed by atoms with E-state index in [1.807, 2.05) is 18.5 Å². The molecule has 1 aliphatic heterocycles. The number of pyridine rings is 1. The number of nitrogens with one attached hydrogen (secondary N) is 1. The minimum Gasteiger partial charge on any atom is -0.377 e. The topological polar surface area (TPSA) is 45.2 Å². The van der Waals surface area contributed by atoms with Gasteiger partial charge in [0, 0.05) is 31.6 Å². The zero-order chi connectivity index (χ0) is 15.1. The number of amides is 1. The lowest BCUT2D eigenvalue weighted by Crippen LogP contribution is -2.27. The predicted octanol–water partition coefficient (Wildman–Crippen LogP) is 2.82. The molecular weight excluding hydrogens is 262 g/mol. The van der Waals surface area contributed by atoms with Crippen molar-refractivity contribution in [3.63, 3.8) is 0 Å². The Hall–Kier alpha value is -1.84. The van der Waals surface area contributed by atoms with Crippen LogP contribution in [0.5, 0.6) is 0 Å². The van der Waals surface area contributed by atoms with E-state index in [0.29, 0.717) is 0 Å². The summed E-state index contributed by atoms with van der Waals surface area (Å²) in [7, 11) is 0. The van der Waals surface area contributed by atoms with Crippen LogP contribution in [-0.4, -0.2) is 28.9 Å². The molecule has 1 N–H and O–H groups in total. The molecule has 21 heavy (non-hydrogen) atoms. The van der Waals surface area contributed by atoms with Crippen LogP contribution in [0.4, 0.5) is 0 Å². The van der Waals surface area contributed by atoms with Crippen LogP contribution >= 0.6 is 0 Å². The highest BCUT2D eigenvalue weighted by atomic mass is 16.1. The lowest BCUT2D eigenvalue weighted by atomic mass is 10.1. The van der Waals surface area contributed by atoms with E-state index < -0.39 is 0 Å². The first-order chi connectivity index (χ1) is 10.2. The second-order valence-corrected chi connectivity index (χ2v) is 5.47. The van der Waals surface area contributed by atoms with Crippen LogP contribution in [0.15, 0.2) is 30.6 Å². The molecule has 1 saturated heterocycles. The SMILES string of the molecule is CCc1ccnc(C(CC)NC(=O)C=CN2CCCC2)c1. The molecule has 4 nitrogen and oxygen atoms in total. The van der Waals surface area contributed by atoms with Gasteiger partial charge in [0.2, 0.25) is 5.91 Å². The number of aryl methyl sites for hydroxylation is 1. The van der Waals surface area contributed by atoms with E-state index in [-0.39, 0.29) is 11.9 Å². The summed E-state index contributed by atoms with van der Waals surface area (Å²) in [6.45, 7) is 6.30. The smallest absolute Gasteiger partial charge is 0.245 e. The molecule has 0 saturated carbocycles. The third kappa shape index (κ3) is 4.59. The van der Waals surface area contributed by atoms with Gasteiger partial charge in [-0.2, -0.15) is 0 Å². The highest BCUT2D eigenvalue weighted by Gasteiger charge is 2.13. The number of hydrogen-bond acceptors (Lipinski definition) is 3. The van der Waals surface area contributed by atoms with Crippen LogP contribution in [0, 0.1) is 0 Å². The third-order valence-corrected chi connectivity index (χ3v) is 3.91. The van der Waals surface area contributed by atoms with Gasteiger partial charge < -0.3 is 10.2 Å². The number of likely N-dealkylation sites (tertiary alicyclic amines) is 1. The number of carbonyl (C=O) groups is 1. The molecule has 114 valence electrons. The molecule has 1 fully saturated rings. The maximum Gasteiger partial charge on any atom is 0.245 e. The Balaban J connectivity index is 1.95. The van der Waals surface area contributed by atoms with E-state index in [0.717, 1.165) is 31.6 Å². The molecule has 4 heteroatoms. The second kappa shape index (κ2) is 7.81. The Morgan fingerprint density at radius 2 is 2.19 bits per heavy atom. The molecule has 1 unspecified atom stereocenters. The first kappa shape index (κ1) is 15.5. The van der Waals surface area contributed by atoms with Crippen LogP contribution in [-0.2, 0) is 11.2 Å². The van der Waals surface area contributed by atoms with Crippen molar-refractivity contribution in [2.24, 2.45) is 0 Å². The fourth-order valence-corrected chi connectivity index (χ4v) is 2.57. The fraction of sp³-hybridized carbons (Fsp3) is 0.529. The van der Waals surface area contributed by atoms with Gasteiger partial charge in [0.25, 0.3) is 0 Å². The van der Waals surface area contributed by atoms with Gasteiger partial charge >= 0.3 is 0 Å². The maximum absolute atomic E-state index is 12.0. The average molecular weight is 287 g/mol. The molecule has 1 aromatic heterocycles. The van der Waals surface area contributed by atoms with Crippen molar-refractivity contribution in [2.75, 3.05) is 13.1 Å². The van der Waals surface area contributed by atoms with Crippen molar-refractivity contribution in [3.05, 3.63) is 41.9 Å². The van der Waals surface area contributed by atoms with E-state index >= 15 is 0 Å². The van der Waals surface area contributed by atoms with Crippen molar-refractivity contribution in [2.45, 2.75) is 45.6 Å². The predicted molar refractivity (Wildman–Crippen MR) is 84.7 cm³/mol. The van der Waals surface area contributed by atoms with Crippen LogP contribution in [0.3, 0.4) is 0 Å². The van der Waals surface area contributed by atoms with Gasteiger partial charge in [0.1, 0.15) is 0 Å². The van der Waals surface area contributed by atoms with E-state index in [9.17, 15) is 4.79 Å². The van der Waals surface area contributed by atoms with Crippen LogP contribution in [0.2, 0.25) is 0 Å². The van der Waals surface area contributed by atoms with Gasteiger partial charge in [-0.15, -0.1) is 0 Å². The van der Waals surface area contributed by atoms with Crippen molar-refractivity contribution < 1.29 is 4.79 Å². The first-order valence-electron chi connectivity index (χ1n) is 7.90. The van der Waals surface area contributed by atoms with Crippen LogP contribution < -0.4 is 5.32 Å². The molecule has 0 bridgehead atoms. The van der Waals surface area contributed by atoms with Crippen molar-refractivity contribution in [3.8, 4) is 0 Å². The molecule has 1 atom stereocenters. The molecule has 0 aliphatic carbocycles. The molecular formula is C17H25N3O. The summed E-state index contributed by atoms with van der Waals surface area (Å²) in [6, 6.07) is 4.08. The maximum atomic E-state index is 12.0. The van der Waals surface area contributed by atoms with Crippen molar-refractivity contribution in [1.82, 2.24) is 15.2 Å². The molecule has 0 spiro atoms. The Morgan fingerprint density at radius 3 is 2.86 bits per heavy atom. The summed E-state index contributed by atoms with van der Waals surface area (Å²) in [6.07, 6.45) is 9.62. The normalized spacial score (nSPS) is 16.4. The van der Waals surface area contributed by atoms with E-state index in [2.05, 4.69) is 35.1 Å². The van der Waals surface area contributed by atoms with Crippen molar-refractivity contribution >= 4 is 5.91 Å². The Labute approximate surface area is 127 Å². The number of hydrogen-bond donors (Lipinski definition) is 1. The largest absolute Gasteiger partial charge is 0.377 e. The molecule has 1 aliphatic rings. The number of carbonyl (C=O) groups excluding carboxylic acids is 1. The molecule has 2 rings (SSSR count). The van der Waals surface area contributed by atoms with Gasteiger partial charge in [-0.1, -0.05) is 13.8 Å². The molecule has 1 amide bonds. The summed E-state index contributed by atoms with van der Waals surface area (Å²) in [5.41, 5.74) is 2.19. The fourth-order valence-electron chi connectivity index (χ4n) is 2.57. The number of rotatable bonds is 6. The van der Waals surface area contributed by atoms with E-state index in [4.69, 9.17) is 0 Å². The zero-order valence-corrected chi connectivity index (χ0v) is 13.0. The van der Waals surface area contributed by atoms with Gasteiger partial charge in [0.15, 0.2) is 0 Å². The Morgan fingerprint density at radius 1 is 1.43 bits per heavy atom. The minimum atomic E-state index is -0.0440. The molecule has 0 radical (unpaired) electrons. The monoisotopic (exact) mass is 287 g/mol. The number of aromatic nitrogens is 1. The minimum absolute atomic E-state index is 0.0211. The standard InChI is InChI=1S/C17H25N3O/c1-3-14-7-9-18-16(13-14)15(4-2)19-17(21)8-12-20-10-5-6-11-20/h7-9,12-13,15H,3-6,10-11H2,1-2H3,(H,19,21). The van der Waals surface area contributed by atoms with E-state index in [1.54, 1.807) is 6.08 Å². The van der Waals surface area contributed by atoms with Gasteiger partial charge in [-0.25, -0.2) is 0 Å². The quantitative estimate of drug-likeness (QED) is 0.818. The van der Waals surface area contributed by atoms with Gasteiger partial charge in [0.05, 0.1) is 11.7 Å². The lowest BCUT2D eigenvalue weighted by Gasteiger charge is -2.16. The highest BCUT2D eigenvalue weighted by molar-refractivity contribution is 5.87. The summed E-state index contributed by atoms with van der Waals surface area (Å²) < 4.78 is 0. The van der Waals surface area contributed by atoms with Crippen molar-refractivity contribution in [1.29, 1.82) is 0 Å². The number of nitrogens with zero attached hydrogens (tertiary/aromatic N) is 2. The second-order valence-electron chi connectivity index (χ2n) is 5.47. The Kier molecular flexibility index (Phi) is 5.78. The summed E-state index contributed by atoms with van der Waals surface area (Å²) in [5.74, 6) is -0.0440. The lowest BCUT2D eigenvalue weighted by molar-refractivity contribution is -0.117. The van der Waals surface area contributed by atoms with Gasteiger partial charge in [-0.05, 0) is 43.4 Å².